The third-order valence-corrected chi connectivity index (χ3v) is 4.08. The lowest BCUT2D eigenvalue weighted by Crippen LogP contribution is -2.43. The summed E-state index contributed by atoms with van der Waals surface area (Å²) in [7, 11) is 0. The molecule has 1 aromatic rings. The quantitative estimate of drug-likeness (QED) is 0.757. The van der Waals surface area contributed by atoms with Gasteiger partial charge in [0.15, 0.2) is 5.71 Å². The standard InChI is InChI=1S/C16H17F3N2O/c1-11-5-7-12(8-6-11)13-14(16(17,18)19)20-15(22-21-13)9-3-2-4-10-15/h5-8H,2-4,9-10H2,1H3. The summed E-state index contributed by atoms with van der Waals surface area (Å²) in [5, 5.41) is 3.82. The molecule has 0 aromatic heterocycles. The zero-order valence-electron chi connectivity index (χ0n) is 12.3. The molecular formula is C16H17F3N2O. The number of alkyl halides is 3. The molecule has 3 rings (SSSR count). The Bertz CT molecular complexity index is 611. The Hall–Kier alpha value is -1.85. The van der Waals surface area contributed by atoms with Crippen molar-refractivity contribution in [3.05, 3.63) is 35.4 Å². The second-order valence-electron chi connectivity index (χ2n) is 5.86. The first-order valence-electron chi connectivity index (χ1n) is 7.40. The van der Waals surface area contributed by atoms with Crippen LogP contribution in [0.2, 0.25) is 0 Å². The molecule has 0 atom stereocenters. The number of aliphatic imine (C=N–C) groups is 1. The van der Waals surface area contributed by atoms with Crippen molar-refractivity contribution in [2.24, 2.45) is 10.1 Å². The van der Waals surface area contributed by atoms with Crippen LogP contribution in [-0.2, 0) is 4.84 Å². The third kappa shape index (κ3) is 2.87. The minimum atomic E-state index is -4.54. The van der Waals surface area contributed by atoms with Gasteiger partial charge in [-0.1, -0.05) is 41.4 Å². The van der Waals surface area contributed by atoms with E-state index in [-0.39, 0.29) is 5.71 Å². The summed E-state index contributed by atoms with van der Waals surface area (Å²) in [6, 6.07) is 6.71. The first-order chi connectivity index (χ1) is 10.4. The van der Waals surface area contributed by atoms with Crippen LogP contribution in [-0.4, -0.2) is 23.3 Å². The maximum Gasteiger partial charge on any atom is 0.435 e. The van der Waals surface area contributed by atoms with Gasteiger partial charge >= 0.3 is 6.18 Å². The predicted molar refractivity (Wildman–Crippen MR) is 78.1 cm³/mol. The SMILES string of the molecule is Cc1ccc(C2=NOC3(CCCCC3)N=C2C(F)(F)F)cc1. The molecule has 0 bridgehead atoms. The van der Waals surface area contributed by atoms with Gasteiger partial charge in [0, 0.05) is 18.4 Å². The van der Waals surface area contributed by atoms with E-state index < -0.39 is 17.6 Å². The predicted octanol–water partition coefficient (Wildman–Crippen LogP) is 4.39. The van der Waals surface area contributed by atoms with Crippen LogP contribution in [0, 0.1) is 6.92 Å². The average Bonchev–Trinajstić information content (AvgIpc) is 2.48. The topological polar surface area (TPSA) is 34.0 Å². The summed E-state index contributed by atoms with van der Waals surface area (Å²) in [6.45, 7) is 1.87. The largest absolute Gasteiger partial charge is 0.435 e. The molecule has 118 valence electrons. The highest BCUT2D eigenvalue weighted by atomic mass is 19.4. The highest BCUT2D eigenvalue weighted by Gasteiger charge is 2.47. The molecule has 1 fully saturated rings. The average molecular weight is 310 g/mol. The number of aryl methyl sites for hydroxylation is 1. The molecule has 1 aliphatic heterocycles. The van der Waals surface area contributed by atoms with Crippen molar-refractivity contribution in [3.63, 3.8) is 0 Å². The molecule has 0 amide bonds. The maximum absolute atomic E-state index is 13.4. The Balaban J connectivity index is 2.00. The van der Waals surface area contributed by atoms with Gasteiger partial charge in [0.25, 0.3) is 0 Å². The van der Waals surface area contributed by atoms with Crippen LogP contribution in [0.5, 0.6) is 0 Å². The molecule has 2 aliphatic rings. The van der Waals surface area contributed by atoms with E-state index in [2.05, 4.69) is 10.1 Å². The minimum Gasteiger partial charge on any atom is -0.365 e. The fourth-order valence-electron chi connectivity index (χ4n) is 2.86. The molecule has 1 aliphatic carbocycles. The van der Waals surface area contributed by atoms with E-state index in [9.17, 15) is 13.2 Å². The van der Waals surface area contributed by atoms with Crippen molar-refractivity contribution in [1.82, 2.24) is 0 Å². The smallest absolute Gasteiger partial charge is 0.365 e. The molecule has 0 radical (unpaired) electrons. The number of benzene rings is 1. The number of hydrogen-bond donors (Lipinski definition) is 0. The van der Waals surface area contributed by atoms with Crippen molar-refractivity contribution in [2.45, 2.75) is 50.9 Å². The monoisotopic (exact) mass is 310 g/mol. The van der Waals surface area contributed by atoms with Crippen LogP contribution >= 0.6 is 0 Å². The summed E-state index contributed by atoms with van der Waals surface area (Å²) in [6.07, 6.45) is -0.961. The second-order valence-corrected chi connectivity index (χ2v) is 5.86. The van der Waals surface area contributed by atoms with E-state index in [1.54, 1.807) is 24.3 Å². The lowest BCUT2D eigenvalue weighted by Gasteiger charge is -2.35. The molecule has 0 N–H and O–H groups in total. The molecule has 6 heteroatoms. The fourth-order valence-corrected chi connectivity index (χ4v) is 2.86. The Morgan fingerprint density at radius 2 is 1.68 bits per heavy atom. The van der Waals surface area contributed by atoms with Gasteiger partial charge in [-0.15, -0.1) is 0 Å². The van der Waals surface area contributed by atoms with Gasteiger partial charge < -0.3 is 4.84 Å². The van der Waals surface area contributed by atoms with E-state index in [1.807, 2.05) is 6.92 Å². The molecule has 1 heterocycles. The van der Waals surface area contributed by atoms with Gasteiger partial charge in [-0.2, -0.15) is 13.2 Å². The molecule has 22 heavy (non-hydrogen) atoms. The van der Waals surface area contributed by atoms with Gasteiger partial charge in [0.05, 0.1) is 0 Å². The lowest BCUT2D eigenvalue weighted by atomic mass is 9.91. The third-order valence-electron chi connectivity index (χ3n) is 4.08. The van der Waals surface area contributed by atoms with Crippen molar-refractivity contribution in [3.8, 4) is 0 Å². The van der Waals surface area contributed by atoms with Gasteiger partial charge in [0.1, 0.15) is 5.71 Å². The highest BCUT2D eigenvalue weighted by molar-refractivity contribution is 6.50. The second kappa shape index (κ2) is 5.41. The first kappa shape index (κ1) is 15.1. The number of halogens is 3. The van der Waals surface area contributed by atoms with Crippen LogP contribution in [0.4, 0.5) is 13.2 Å². The van der Waals surface area contributed by atoms with E-state index in [0.29, 0.717) is 18.4 Å². The molecule has 0 saturated heterocycles. The van der Waals surface area contributed by atoms with Crippen LogP contribution < -0.4 is 0 Å². The van der Waals surface area contributed by atoms with Gasteiger partial charge in [-0.25, -0.2) is 4.99 Å². The Morgan fingerprint density at radius 3 is 2.27 bits per heavy atom. The highest BCUT2D eigenvalue weighted by Crippen LogP contribution is 2.37. The molecule has 0 unspecified atom stereocenters. The Labute approximate surface area is 126 Å². The normalized spacial score (nSPS) is 21.1. The number of nitrogens with zero attached hydrogens (tertiary/aromatic N) is 2. The van der Waals surface area contributed by atoms with E-state index in [1.165, 1.54) is 0 Å². The van der Waals surface area contributed by atoms with E-state index in [0.717, 1.165) is 24.8 Å². The zero-order valence-corrected chi connectivity index (χ0v) is 12.3. The number of hydrogen-bond acceptors (Lipinski definition) is 3. The van der Waals surface area contributed by atoms with Crippen LogP contribution in [0.1, 0.15) is 43.2 Å². The Kier molecular flexibility index (Phi) is 3.70. The van der Waals surface area contributed by atoms with Crippen molar-refractivity contribution < 1.29 is 18.0 Å². The van der Waals surface area contributed by atoms with Crippen molar-refractivity contribution in [1.29, 1.82) is 0 Å². The number of rotatable bonds is 1. The van der Waals surface area contributed by atoms with Crippen molar-refractivity contribution in [2.75, 3.05) is 0 Å². The molecular weight excluding hydrogens is 293 g/mol. The summed E-state index contributed by atoms with van der Waals surface area (Å²) >= 11 is 0. The molecule has 1 spiro atoms. The van der Waals surface area contributed by atoms with Gasteiger partial charge in [0.2, 0.25) is 5.72 Å². The van der Waals surface area contributed by atoms with Crippen molar-refractivity contribution >= 4 is 11.4 Å². The summed E-state index contributed by atoms with van der Waals surface area (Å²) in [4.78, 5) is 9.39. The van der Waals surface area contributed by atoms with Crippen LogP contribution in [0.25, 0.3) is 0 Å². The van der Waals surface area contributed by atoms with Gasteiger partial charge in [-0.3, -0.25) is 0 Å². The molecule has 1 aromatic carbocycles. The zero-order chi connectivity index (χ0) is 15.8. The minimum absolute atomic E-state index is 0.233. The molecule has 3 nitrogen and oxygen atoms in total. The van der Waals surface area contributed by atoms with Crippen LogP contribution in [0.15, 0.2) is 34.4 Å². The van der Waals surface area contributed by atoms with E-state index >= 15 is 0 Å². The molecule has 1 saturated carbocycles. The maximum atomic E-state index is 13.4. The Morgan fingerprint density at radius 1 is 1.05 bits per heavy atom. The van der Waals surface area contributed by atoms with Crippen LogP contribution in [0.3, 0.4) is 0 Å². The lowest BCUT2D eigenvalue weighted by molar-refractivity contribution is -0.0819. The number of oxime groups is 1. The van der Waals surface area contributed by atoms with E-state index in [4.69, 9.17) is 4.84 Å². The summed E-state index contributed by atoms with van der Waals surface area (Å²) in [5.41, 5.74) is -0.951. The fraction of sp³-hybridized carbons (Fsp3) is 0.500. The summed E-state index contributed by atoms with van der Waals surface area (Å²) in [5.74, 6) is 0. The van der Waals surface area contributed by atoms with Gasteiger partial charge in [-0.05, 0) is 19.8 Å². The first-order valence-corrected chi connectivity index (χ1v) is 7.40. The summed E-state index contributed by atoms with van der Waals surface area (Å²) < 4.78 is 40.3.